The van der Waals surface area contributed by atoms with Gasteiger partial charge in [0.05, 0.1) is 16.1 Å². The Labute approximate surface area is 293 Å². The lowest BCUT2D eigenvalue weighted by atomic mass is 9.67. The lowest BCUT2D eigenvalue weighted by Crippen LogP contribution is -2.24. The average Bonchev–Trinajstić information content (AvgIpc) is 3.73. The van der Waals surface area contributed by atoms with Gasteiger partial charge in [-0.2, -0.15) is 0 Å². The van der Waals surface area contributed by atoms with E-state index >= 15 is 0 Å². The van der Waals surface area contributed by atoms with Gasteiger partial charge in [0.15, 0.2) is 0 Å². The molecule has 0 aliphatic heterocycles. The highest BCUT2D eigenvalue weighted by Crippen LogP contribution is 2.57. The summed E-state index contributed by atoms with van der Waals surface area (Å²) in [6.45, 7) is 4.76. The van der Waals surface area contributed by atoms with Gasteiger partial charge in [-0.05, 0) is 63.4 Å². The fourth-order valence-corrected chi connectivity index (χ4v) is 10.0. The average molecular weight is 658 g/mol. The fourth-order valence-electron chi connectivity index (χ4n) is 8.82. The van der Waals surface area contributed by atoms with E-state index in [0.717, 1.165) is 33.3 Å². The van der Waals surface area contributed by atoms with Crippen molar-refractivity contribution in [2.24, 2.45) is 0 Å². The zero-order valence-electron chi connectivity index (χ0n) is 27.7. The maximum atomic E-state index is 6.72. The van der Waals surface area contributed by atoms with Crippen molar-refractivity contribution in [1.82, 2.24) is 0 Å². The molecule has 0 spiro atoms. The summed E-state index contributed by atoms with van der Waals surface area (Å²) in [6, 6.07) is 55.5. The maximum absolute atomic E-state index is 6.72. The summed E-state index contributed by atoms with van der Waals surface area (Å²) in [5, 5.41) is 9.78. The van der Waals surface area contributed by atoms with Crippen molar-refractivity contribution in [1.29, 1.82) is 0 Å². The van der Waals surface area contributed by atoms with Gasteiger partial charge >= 0.3 is 0 Å². The van der Waals surface area contributed by atoms with Gasteiger partial charge < -0.3 is 9.32 Å². The van der Waals surface area contributed by atoms with Crippen molar-refractivity contribution < 1.29 is 4.42 Å². The fraction of sp³-hybridized carbons (Fsp3) is 0.0638. The minimum absolute atomic E-state index is 0.159. The Hall–Kier alpha value is -5.90. The van der Waals surface area contributed by atoms with E-state index in [2.05, 4.69) is 170 Å². The van der Waals surface area contributed by atoms with Crippen LogP contribution in [0.3, 0.4) is 0 Å². The van der Waals surface area contributed by atoms with Crippen molar-refractivity contribution in [3.8, 4) is 11.1 Å². The van der Waals surface area contributed by atoms with E-state index in [1.54, 1.807) is 0 Å². The first-order valence-electron chi connectivity index (χ1n) is 17.3. The normalized spacial score (nSPS) is 13.6. The maximum Gasteiger partial charge on any atom is 0.144 e. The highest BCUT2D eigenvalue weighted by atomic mass is 32.1. The van der Waals surface area contributed by atoms with Gasteiger partial charge in [0, 0.05) is 48.1 Å². The molecule has 0 radical (unpaired) electrons. The number of nitrogens with zero attached hydrogens (tertiary/aromatic N) is 1. The number of hydrogen-bond acceptors (Lipinski definition) is 3. The Bertz CT molecular complexity index is 3020. The standard InChI is InChI=1S/C47H31NOS/c1-47(2)36-23-11-8-20-32(36)41-30-18-6-7-19-31(30)44(34-22-14-24-37(47)42(34)41)48(28-15-4-3-5-16-28)38-27-35-29-17-9-12-25-39(29)49-45(35)43-33-21-10-13-26-40(33)50-46(38)43/h3-27H,1-2H3. The number of hydrogen-bond donors (Lipinski definition) is 0. The minimum Gasteiger partial charge on any atom is -0.455 e. The van der Waals surface area contributed by atoms with Crippen LogP contribution in [0.2, 0.25) is 0 Å². The first-order chi connectivity index (χ1) is 24.6. The van der Waals surface area contributed by atoms with E-state index < -0.39 is 0 Å². The second-order valence-corrected chi connectivity index (χ2v) is 15.1. The van der Waals surface area contributed by atoms with Gasteiger partial charge in [-0.25, -0.2) is 0 Å². The highest BCUT2D eigenvalue weighted by molar-refractivity contribution is 7.26. The first-order valence-corrected chi connectivity index (χ1v) is 18.1. The van der Waals surface area contributed by atoms with Crippen molar-refractivity contribution in [2.75, 3.05) is 4.90 Å². The van der Waals surface area contributed by atoms with Crippen LogP contribution in [0.25, 0.3) is 74.8 Å². The number of fused-ring (bicyclic) bond motifs is 11. The second kappa shape index (κ2) is 10.1. The Morgan fingerprint density at radius 2 is 1.20 bits per heavy atom. The van der Waals surface area contributed by atoms with E-state index in [4.69, 9.17) is 4.42 Å². The summed E-state index contributed by atoms with van der Waals surface area (Å²) < 4.78 is 9.19. The largest absolute Gasteiger partial charge is 0.455 e. The molecule has 10 aromatic rings. The zero-order chi connectivity index (χ0) is 33.1. The SMILES string of the molecule is CC1(C)c2ccccc2-c2c3ccccc3c(N(c3ccccc3)c3cc4c5ccccc5oc4c4c3sc3ccccc34)c3cccc1c23. The molecule has 1 aliphatic rings. The number of anilines is 3. The number of furan rings is 1. The molecular formula is C47H31NOS. The summed E-state index contributed by atoms with van der Waals surface area (Å²) in [5.74, 6) is 0. The quantitative estimate of drug-likeness (QED) is 0.176. The van der Waals surface area contributed by atoms with Gasteiger partial charge in [0.25, 0.3) is 0 Å². The predicted octanol–water partition coefficient (Wildman–Crippen LogP) is 14.0. The molecule has 50 heavy (non-hydrogen) atoms. The molecule has 1 aliphatic carbocycles. The van der Waals surface area contributed by atoms with Gasteiger partial charge in [0.2, 0.25) is 0 Å². The summed E-state index contributed by atoms with van der Waals surface area (Å²) >= 11 is 1.85. The van der Waals surface area contributed by atoms with Crippen molar-refractivity contribution >= 4 is 92.1 Å². The van der Waals surface area contributed by atoms with Crippen LogP contribution in [-0.2, 0) is 5.41 Å². The molecule has 8 aromatic carbocycles. The molecule has 0 atom stereocenters. The third kappa shape index (κ3) is 3.62. The topological polar surface area (TPSA) is 16.4 Å². The van der Waals surface area contributed by atoms with Crippen LogP contribution in [0.4, 0.5) is 17.1 Å². The van der Waals surface area contributed by atoms with Crippen LogP contribution in [0.15, 0.2) is 156 Å². The highest BCUT2D eigenvalue weighted by Gasteiger charge is 2.36. The van der Waals surface area contributed by atoms with Crippen LogP contribution in [0.1, 0.15) is 25.0 Å². The molecule has 0 bridgehead atoms. The van der Waals surface area contributed by atoms with Gasteiger partial charge in [-0.3, -0.25) is 0 Å². The summed E-state index contributed by atoms with van der Waals surface area (Å²) in [4.78, 5) is 2.54. The summed E-state index contributed by atoms with van der Waals surface area (Å²) in [7, 11) is 0. The Balaban J connectivity index is 1.37. The Morgan fingerprint density at radius 3 is 2.06 bits per heavy atom. The molecular weight excluding hydrogens is 627 g/mol. The Morgan fingerprint density at radius 1 is 0.540 bits per heavy atom. The number of benzene rings is 8. The molecule has 236 valence electrons. The molecule has 2 nitrogen and oxygen atoms in total. The Kier molecular flexibility index (Phi) is 5.64. The lowest BCUT2D eigenvalue weighted by molar-refractivity contribution is 0.645. The van der Waals surface area contributed by atoms with Crippen LogP contribution < -0.4 is 4.90 Å². The summed E-state index contributed by atoms with van der Waals surface area (Å²) in [6.07, 6.45) is 0. The predicted molar refractivity (Wildman–Crippen MR) is 214 cm³/mol. The third-order valence-corrected chi connectivity index (χ3v) is 12.2. The second-order valence-electron chi connectivity index (χ2n) is 14.0. The molecule has 2 aromatic heterocycles. The van der Waals surface area contributed by atoms with E-state index in [9.17, 15) is 0 Å². The van der Waals surface area contributed by atoms with Gasteiger partial charge in [0.1, 0.15) is 11.2 Å². The van der Waals surface area contributed by atoms with Gasteiger partial charge in [-0.1, -0.05) is 135 Å². The molecule has 0 amide bonds. The lowest BCUT2D eigenvalue weighted by Gasteiger charge is -2.37. The third-order valence-electron chi connectivity index (χ3n) is 11.0. The van der Waals surface area contributed by atoms with E-state index in [-0.39, 0.29) is 5.41 Å². The van der Waals surface area contributed by atoms with Crippen LogP contribution >= 0.6 is 11.3 Å². The van der Waals surface area contributed by atoms with E-state index in [1.807, 2.05) is 11.3 Å². The molecule has 0 N–H and O–H groups in total. The number of rotatable bonds is 3. The van der Waals surface area contributed by atoms with Crippen LogP contribution in [0.5, 0.6) is 0 Å². The van der Waals surface area contributed by atoms with E-state index in [0.29, 0.717) is 0 Å². The van der Waals surface area contributed by atoms with E-state index in [1.165, 1.54) is 69.7 Å². The minimum atomic E-state index is -0.159. The van der Waals surface area contributed by atoms with Crippen LogP contribution in [0, 0.1) is 0 Å². The molecule has 0 saturated carbocycles. The molecule has 2 heterocycles. The van der Waals surface area contributed by atoms with Crippen LogP contribution in [-0.4, -0.2) is 0 Å². The van der Waals surface area contributed by atoms with Crippen molar-refractivity contribution in [3.05, 3.63) is 163 Å². The molecule has 0 fully saturated rings. The summed E-state index contributed by atoms with van der Waals surface area (Å²) in [5.41, 5.74) is 10.6. The monoisotopic (exact) mass is 657 g/mol. The van der Waals surface area contributed by atoms with Crippen molar-refractivity contribution in [3.63, 3.8) is 0 Å². The zero-order valence-corrected chi connectivity index (χ0v) is 28.5. The number of thiophene rings is 1. The molecule has 0 saturated heterocycles. The van der Waals surface area contributed by atoms with Crippen molar-refractivity contribution in [2.45, 2.75) is 19.3 Å². The molecule has 0 unspecified atom stereocenters. The smallest absolute Gasteiger partial charge is 0.144 e. The molecule has 11 rings (SSSR count). The van der Waals surface area contributed by atoms with Gasteiger partial charge in [-0.15, -0.1) is 11.3 Å². The first kappa shape index (κ1) is 28.0. The molecule has 3 heteroatoms. The number of para-hydroxylation sites is 2.